The van der Waals surface area contributed by atoms with Gasteiger partial charge in [-0.3, -0.25) is 0 Å². The third-order valence-corrected chi connectivity index (χ3v) is 5.21. The first kappa shape index (κ1) is 16.8. The molecule has 0 amide bonds. The molecule has 6 heteroatoms. The van der Waals surface area contributed by atoms with Gasteiger partial charge in [0.25, 0.3) is 5.78 Å². The van der Waals surface area contributed by atoms with Gasteiger partial charge in [-0.15, -0.1) is 5.10 Å². The zero-order valence-corrected chi connectivity index (χ0v) is 15.3. The second-order valence-electron chi connectivity index (χ2n) is 6.83. The third-order valence-electron chi connectivity index (χ3n) is 5.21. The number of rotatable bonds is 6. The van der Waals surface area contributed by atoms with Crippen molar-refractivity contribution in [1.82, 2.24) is 19.6 Å². The summed E-state index contributed by atoms with van der Waals surface area (Å²) >= 11 is 0. The molecule has 1 aliphatic rings. The van der Waals surface area contributed by atoms with Gasteiger partial charge >= 0.3 is 0 Å². The fraction of sp³-hybridized carbons (Fsp3) is 0.450. The number of hydrogen-bond acceptors (Lipinski definition) is 5. The molecule has 136 valence electrons. The van der Waals surface area contributed by atoms with E-state index in [2.05, 4.69) is 9.97 Å². The van der Waals surface area contributed by atoms with E-state index in [1.807, 2.05) is 28.8 Å². The molecule has 0 aliphatic heterocycles. The Hall–Kier alpha value is -2.63. The zero-order chi connectivity index (χ0) is 17.9. The number of ether oxygens (including phenoxy) is 2. The number of hydrogen-bond donors (Lipinski definition) is 0. The first-order valence-corrected chi connectivity index (χ1v) is 9.21. The van der Waals surface area contributed by atoms with Crippen LogP contribution in [-0.4, -0.2) is 33.8 Å². The van der Waals surface area contributed by atoms with Crippen molar-refractivity contribution in [3.05, 3.63) is 36.3 Å². The Bertz CT molecular complexity index is 900. The Morgan fingerprint density at radius 1 is 1.08 bits per heavy atom. The molecule has 4 rings (SSSR count). The molecule has 2 aromatic heterocycles. The fourth-order valence-electron chi connectivity index (χ4n) is 3.79. The predicted octanol–water partition coefficient (Wildman–Crippen LogP) is 3.93. The molecule has 0 N–H and O–H groups in total. The SMILES string of the molecule is COc1ccc(-c2ccnc3nc(CCC4CCCC4)nn23)cc1OC. The lowest BCUT2D eigenvalue weighted by Gasteiger charge is -2.10. The van der Waals surface area contributed by atoms with E-state index < -0.39 is 0 Å². The van der Waals surface area contributed by atoms with Crippen molar-refractivity contribution in [2.75, 3.05) is 14.2 Å². The van der Waals surface area contributed by atoms with Crippen molar-refractivity contribution in [3.63, 3.8) is 0 Å². The smallest absolute Gasteiger partial charge is 0.252 e. The van der Waals surface area contributed by atoms with Gasteiger partial charge < -0.3 is 9.47 Å². The first-order chi connectivity index (χ1) is 12.8. The van der Waals surface area contributed by atoms with Crippen molar-refractivity contribution in [3.8, 4) is 22.8 Å². The van der Waals surface area contributed by atoms with Gasteiger partial charge in [0.05, 0.1) is 19.9 Å². The Balaban J connectivity index is 1.65. The summed E-state index contributed by atoms with van der Waals surface area (Å²) in [5.74, 6) is 3.74. The predicted molar refractivity (Wildman–Crippen MR) is 99.6 cm³/mol. The van der Waals surface area contributed by atoms with Crippen LogP contribution in [0.5, 0.6) is 11.5 Å². The molecule has 1 saturated carbocycles. The molecule has 0 unspecified atom stereocenters. The second-order valence-corrected chi connectivity index (χ2v) is 6.83. The highest BCUT2D eigenvalue weighted by Gasteiger charge is 2.17. The minimum Gasteiger partial charge on any atom is -0.493 e. The van der Waals surface area contributed by atoms with E-state index in [0.717, 1.165) is 29.4 Å². The largest absolute Gasteiger partial charge is 0.493 e. The zero-order valence-electron chi connectivity index (χ0n) is 15.3. The van der Waals surface area contributed by atoms with Crippen molar-refractivity contribution in [2.24, 2.45) is 5.92 Å². The molecular formula is C20H24N4O2. The summed E-state index contributed by atoms with van der Waals surface area (Å²) in [5.41, 5.74) is 1.93. The maximum Gasteiger partial charge on any atom is 0.252 e. The molecule has 0 spiro atoms. The molecular weight excluding hydrogens is 328 g/mol. The van der Waals surface area contributed by atoms with Gasteiger partial charge in [-0.25, -0.2) is 4.98 Å². The summed E-state index contributed by atoms with van der Waals surface area (Å²) in [4.78, 5) is 9.00. The number of nitrogens with zero attached hydrogens (tertiary/aromatic N) is 4. The average Bonchev–Trinajstić information content (AvgIpc) is 3.34. The molecule has 0 saturated heterocycles. The standard InChI is InChI=1S/C20H24N4O2/c1-25-17-9-8-15(13-18(17)26-2)16-11-12-21-20-22-19(23-24(16)20)10-7-14-5-3-4-6-14/h8-9,11-14H,3-7,10H2,1-2H3. The highest BCUT2D eigenvalue weighted by molar-refractivity contribution is 5.65. The van der Waals surface area contributed by atoms with Gasteiger partial charge in [0.2, 0.25) is 0 Å². The molecule has 1 fully saturated rings. The molecule has 3 aromatic rings. The molecule has 1 aromatic carbocycles. The summed E-state index contributed by atoms with van der Waals surface area (Å²) in [7, 11) is 3.27. The van der Waals surface area contributed by atoms with Crippen LogP contribution in [0.2, 0.25) is 0 Å². The average molecular weight is 352 g/mol. The monoisotopic (exact) mass is 352 g/mol. The van der Waals surface area contributed by atoms with E-state index in [4.69, 9.17) is 14.6 Å². The van der Waals surface area contributed by atoms with Crippen molar-refractivity contribution in [2.45, 2.75) is 38.5 Å². The number of aryl methyl sites for hydroxylation is 1. The highest BCUT2D eigenvalue weighted by Crippen LogP contribution is 2.32. The molecule has 2 heterocycles. The normalized spacial score (nSPS) is 14.8. The van der Waals surface area contributed by atoms with Gasteiger partial charge in [0.15, 0.2) is 17.3 Å². The number of fused-ring (bicyclic) bond motifs is 1. The lowest BCUT2D eigenvalue weighted by Crippen LogP contribution is -1.99. The van der Waals surface area contributed by atoms with Crippen LogP contribution in [0.3, 0.4) is 0 Å². The van der Waals surface area contributed by atoms with E-state index in [9.17, 15) is 0 Å². The quantitative estimate of drug-likeness (QED) is 0.673. The van der Waals surface area contributed by atoms with E-state index in [-0.39, 0.29) is 0 Å². The topological polar surface area (TPSA) is 61.5 Å². The van der Waals surface area contributed by atoms with Gasteiger partial charge in [-0.05, 0) is 36.6 Å². The van der Waals surface area contributed by atoms with Crippen LogP contribution in [0.1, 0.15) is 37.9 Å². The fourth-order valence-corrected chi connectivity index (χ4v) is 3.79. The Labute approximate surface area is 153 Å². The van der Waals surface area contributed by atoms with E-state index in [1.165, 1.54) is 32.1 Å². The number of benzene rings is 1. The molecule has 0 radical (unpaired) electrons. The van der Waals surface area contributed by atoms with Gasteiger partial charge in [-0.1, -0.05) is 25.7 Å². The summed E-state index contributed by atoms with van der Waals surface area (Å²) in [6.45, 7) is 0. The molecule has 6 nitrogen and oxygen atoms in total. The number of methoxy groups -OCH3 is 2. The lowest BCUT2D eigenvalue weighted by atomic mass is 10.0. The minimum atomic E-state index is 0.638. The Morgan fingerprint density at radius 3 is 2.65 bits per heavy atom. The Kier molecular flexibility index (Phi) is 4.73. The summed E-state index contributed by atoms with van der Waals surface area (Å²) in [6, 6.07) is 7.80. The van der Waals surface area contributed by atoms with Crippen molar-refractivity contribution in [1.29, 1.82) is 0 Å². The molecule has 0 atom stereocenters. The van der Waals surface area contributed by atoms with E-state index in [1.54, 1.807) is 20.4 Å². The number of aromatic nitrogens is 4. The van der Waals surface area contributed by atoms with Crippen LogP contribution in [0.25, 0.3) is 17.0 Å². The van der Waals surface area contributed by atoms with Gasteiger partial charge in [-0.2, -0.15) is 9.50 Å². The van der Waals surface area contributed by atoms with E-state index >= 15 is 0 Å². The maximum absolute atomic E-state index is 5.43. The lowest BCUT2D eigenvalue weighted by molar-refractivity contribution is 0.355. The maximum atomic E-state index is 5.43. The van der Waals surface area contributed by atoms with E-state index in [0.29, 0.717) is 17.3 Å². The summed E-state index contributed by atoms with van der Waals surface area (Å²) < 4.78 is 12.6. The van der Waals surface area contributed by atoms with Crippen LogP contribution in [-0.2, 0) is 6.42 Å². The van der Waals surface area contributed by atoms with Crippen molar-refractivity contribution >= 4 is 5.78 Å². The van der Waals surface area contributed by atoms with Crippen LogP contribution in [0, 0.1) is 5.92 Å². The second kappa shape index (κ2) is 7.32. The molecule has 1 aliphatic carbocycles. The van der Waals surface area contributed by atoms with Gasteiger partial charge in [0, 0.05) is 18.2 Å². The van der Waals surface area contributed by atoms with Crippen molar-refractivity contribution < 1.29 is 9.47 Å². The molecule has 26 heavy (non-hydrogen) atoms. The summed E-state index contributed by atoms with van der Waals surface area (Å²) in [5, 5.41) is 4.72. The minimum absolute atomic E-state index is 0.638. The van der Waals surface area contributed by atoms with Gasteiger partial charge in [0.1, 0.15) is 0 Å². The Morgan fingerprint density at radius 2 is 1.88 bits per heavy atom. The highest BCUT2D eigenvalue weighted by atomic mass is 16.5. The van der Waals surface area contributed by atoms with Crippen LogP contribution < -0.4 is 9.47 Å². The van der Waals surface area contributed by atoms with Crippen LogP contribution in [0.4, 0.5) is 0 Å². The molecule has 0 bridgehead atoms. The van der Waals surface area contributed by atoms with Crippen LogP contribution in [0.15, 0.2) is 30.5 Å². The summed E-state index contributed by atoms with van der Waals surface area (Å²) in [6.07, 6.45) is 9.30. The first-order valence-electron chi connectivity index (χ1n) is 9.21. The van der Waals surface area contributed by atoms with Crippen LogP contribution >= 0.6 is 0 Å². The third kappa shape index (κ3) is 3.23.